The Morgan fingerprint density at radius 2 is 2.00 bits per heavy atom. The van der Waals surface area contributed by atoms with E-state index in [0.717, 1.165) is 21.3 Å². The van der Waals surface area contributed by atoms with E-state index in [0.29, 0.717) is 0 Å². The molecule has 82 valence electrons. The second kappa shape index (κ2) is 6.67. The van der Waals surface area contributed by atoms with Crippen molar-refractivity contribution in [3.8, 4) is 5.75 Å². The molecular formula is C13H20OSi. The molecule has 0 saturated heterocycles. The Kier molecular flexibility index (Phi) is 5.47. The largest absolute Gasteiger partial charge is 0.491 e. The molecule has 0 fully saturated rings. The van der Waals surface area contributed by atoms with Gasteiger partial charge in [-0.1, -0.05) is 37.6 Å². The zero-order valence-corrected chi connectivity index (χ0v) is 10.9. The van der Waals surface area contributed by atoms with Gasteiger partial charge in [-0.2, -0.15) is 0 Å². The quantitative estimate of drug-likeness (QED) is 0.526. The van der Waals surface area contributed by atoms with E-state index in [4.69, 9.17) is 4.74 Å². The average Bonchev–Trinajstić information content (AvgIpc) is 2.20. The molecule has 0 N–H and O–H groups in total. The Balaban J connectivity index is 2.60. The van der Waals surface area contributed by atoms with Crippen molar-refractivity contribution in [2.24, 2.45) is 0 Å². The maximum absolute atomic E-state index is 5.78. The Morgan fingerprint density at radius 1 is 1.27 bits per heavy atom. The highest BCUT2D eigenvalue weighted by Crippen LogP contribution is 2.19. The summed E-state index contributed by atoms with van der Waals surface area (Å²) < 4.78 is 5.78. The fraction of sp³-hybridized carbons (Fsp3) is 0.538. The van der Waals surface area contributed by atoms with Crippen LogP contribution in [-0.4, -0.2) is 15.6 Å². The van der Waals surface area contributed by atoms with Crippen LogP contribution in [0.5, 0.6) is 5.75 Å². The molecule has 0 aliphatic rings. The van der Waals surface area contributed by atoms with Gasteiger partial charge in [0.1, 0.15) is 5.75 Å². The van der Waals surface area contributed by atoms with E-state index in [-0.39, 0.29) is 6.10 Å². The van der Waals surface area contributed by atoms with Crippen LogP contribution < -0.4 is 4.74 Å². The number of rotatable bonds is 6. The van der Waals surface area contributed by atoms with Crippen molar-refractivity contribution in [2.75, 3.05) is 0 Å². The van der Waals surface area contributed by atoms with Crippen LogP contribution in [0.1, 0.15) is 32.8 Å². The van der Waals surface area contributed by atoms with Gasteiger partial charge in [-0.15, -0.1) is 0 Å². The van der Waals surface area contributed by atoms with Gasteiger partial charge in [0.15, 0.2) is 0 Å². The van der Waals surface area contributed by atoms with Crippen molar-refractivity contribution in [3.05, 3.63) is 29.8 Å². The predicted molar refractivity (Wildman–Crippen MR) is 66.8 cm³/mol. The summed E-state index contributed by atoms with van der Waals surface area (Å²) in [5.41, 5.74) is 1.36. The summed E-state index contributed by atoms with van der Waals surface area (Å²) in [5.74, 6) is 1.07. The van der Waals surface area contributed by atoms with E-state index in [1.807, 2.05) is 6.07 Å². The topological polar surface area (TPSA) is 9.23 Å². The molecular weight excluding hydrogens is 200 g/mol. The molecule has 1 rings (SSSR count). The van der Waals surface area contributed by atoms with Crippen LogP contribution in [0.4, 0.5) is 0 Å². The number of benzene rings is 1. The van der Waals surface area contributed by atoms with Gasteiger partial charge < -0.3 is 4.74 Å². The van der Waals surface area contributed by atoms with Crippen molar-refractivity contribution in [1.29, 1.82) is 0 Å². The molecule has 0 bridgehead atoms. The molecule has 0 atom stereocenters. The maximum atomic E-state index is 5.78. The fourth-order valence-corrected chi connectivity index (χ4v) is 2.51. The highest BCUT2D eigenvalue weighted by molar-refractivity contribution is 6.34. The smallest absolute Gasteiger partial charge is 0.122 e. The van der Waals surface area contributed by atoms with Crippen LogP contribution in [0.15, 0.2) is 24.3 Å². The number of ether oxygens (including phenoxy) is 1. The normalized spacial score (nSPS) is 10.7. The van der Waals surface area contributed by atoms with Crippen LogP contribution in [0.2, 0.25) is 6.04 Å². The van der Waals surface area contributed by atoms with Crippen molar-refractivity contribution in [3.63, 3.8) is 0 Å². The number of hydrogen-bond acceptors (Lipinski definition) is 1. The fourth-order valence-electron chi connectivity index (χ4n) is 1.42. The van der Waals surface area contributed by atoms with Gasteiger partial charge in [-0.3, -0.25) is 0 Å². The summed E-state index contributed by atoms with van der Waals surface area (Å²) >= 11 is 0. The lowest BCUT2D eigenvalue weighted by Crippen LogP contribution is -2.08. The molecule has 0 heterocycles. The molecule has 0 unspecified atom stereocenters. The van der Waals surface area contributed by atoms with Crippen LogP contribution in [-0.2, 0) is 6.04 Å². The van der Waals surface area contributed by atoms with Crippen molar-refractivity contribution >= 4 is 9.52 Å². The van der Waals surface area contributed by atoms with E-state index in [1.165, 1.54) is 18.0 Å². The Labute approximate surface area is 95.7 Å². The average molecular weight is 220 g/mol. The minimum Gasteiger partial charge on any atom is -0.491 e. The molecule has 1 aromatic carbocycles. The van der Waals surface area contributed by atoms with E-state index in [2.05, 4.69) is 39.0 Å². The van der Waals surface area contributed by atoms with Crippen LogP contribution in [0, 0.1) is 0 Å². The Bertz CT molecular complexity index is 284. The summed E-state index contributed by atoms with van der Waals surface area (Å²) in [6.07, 6.45) is 1.55. The second-order valence-electron chi connectivity index (χ2n) is 3.95. The third-order valence-electron chi connectivity index (χ3n) is 2.08. The third kappa shape index (κ3) is 4.52. The van der Waals surface area contributed by atoms with Crippen LogP contribution in [0.25, 0.3) is 0 Å². The first-order chi connectivity index (χ1) is 7.24. The van der Waals surface area contributed by atoms with Crippen molar-refractivity contribution < 1.29 is 4.74 Å². The van der Waals surface area contributed by atoms with Gasteiger partial charge in [0.2, 0.25) is 0 Å². The lowest BCUT2D eigenvalue weighted by atomic mass is 10.2. The summed E-state index contributed by atoms with van der Waals surface area (Å²) in [6.45, 7) is 6.39. The number of para-hydroxylation sites is 1. The standard InChI is InChI=1S/C13H20OSi/c1-4-9-15-10-12-7-5-6-8-13(12)14-11(2)3/h5-8,11H,4,9-10H2,1-3H3. The lowest BCUT2D eigenvalue weighted by Gasteiger charge is -2.13. The maximum Gasteiger partial charge on any atom is 0.122 e. The summed E-state index contributed by atoms with van der Waals surface area (Å²) in [5, 5.41) is 0. The van der Waals surface area contributed by atoms with Gasteiger partial charge >= 0.3 is 0 Å². The van der Waals surface area contributed by atoms with E-state index in [9.17, 15) is 0 Å². The Hall–Kier alpha value is -0.763. The molecule has 2 heteroatoms. The molecule has 0 amide bonds. The molecule has 0 aliphatic heterocycles. The van der Waals surface area contributed by atoms with Crippen LogP contribution >= 0.6 is 0 Å². The van der Waals surface area contributed by atoms with E-state index in [1.54, 1.807) is 0 Å². The minimum absolute atomic E-state index is 0.264. The zero-order valence-electron chi connectivity index (χ0n) is 9.92. The van der Waals surface area contributed by atoms with Crippen molar-refractivity contribution in [2.45, 2.75) is 45.4 Å². The molecule has 0 saturated carbocycles. The highest BCUT2D eigenvalue weighted by atomic mass is 28.2. The van der Waals surface area contributed by atoms with Gasteiger partial charge in [0.05, 0.1) is 6.10 Å². The first-order valence-corrected chi connectivity index (χ1v) is 7.10. The molecule has 15 heavy (non-hydrogen) atoms. The van der Waals surface area contributed by atoms with Crippen molar-refractivity contribution in [1.82, 2.24) is 0 Å². The Morgan fingerprint density at radius 3 is 2.67 bits per heavy atom. The van der Waals surface area contributed by atoms with Gasteiger partial charge in [-0.05, 0) is 31.5 Å². The molecule has 1 nitrogen and oxygen atoms in total. The molecule has 1 aromatic rings. The monoisotopic (exact) mass is 220 g/mol. The summed E-state index contributed by atoms with van der Waals surface area (Å²) in [6, 6.07) is 10.9. The minimum atomic E-state index is 0.264. The molecule has 0 spiro atoms. The van der Waals surface area contributed by atoms with Gasteiger partial charge in [0.25, 0.3) is 0 Å². The highest BCUT2D eigenvalue weighted by Gasteiger charge is 2.04. The molecule has 0 aromatic heterocycles. The predicted octanol–water partition coefficient (Wildman–Crippen LogP) is 3.51. The SMILES string of the molecule is CCC[Si]Cc1ccccc1OC(C)C. The third-order valence-corrected chi connectivity index (χ3v) is 3.56. The van der Waals surface area contributed by atoms with Gasteiger partial charge in [0, 0.05) is 9.52 Å². The first kappa shape index (κ1) is 12.3. The molecule has 0 aliphatic carbocycles. The summed E-state index contributed by atoms with van der Waals surface area (Å²) in [7, 11) is 1.02. The molecule has 2 radical (unpaired) electrons. The second-order valence-corrected chi connectivity index (χ2v) is 5.30. The lowest BCUT2D eigenvalue weighted by molar-refractivity contribution is 0.240. The first-order valence-electron chi connectivity index (χ1n) is 5.69. The zero-order chi connectivity index (χ0) is 11.1. The number of hydrogen-bond donors (Lipinski definition) is 0. The van der Waals surface area contributed by atoms with E-state index < -0.39 is 0 Å². The van der Waals surface area contributed by atoms with Gasteiger partial charge in [-0.25, -0.2) is 0 Å². The van der Waals surface area contributed by atoms with Crippen LogP contribution in [0.3, 0.4) is 0 Å². The van der Waals surface area contributed by atoms with E-state index >= 15 is 0 Å². The summed E-state index contributed by atoms with van der Waals surface area (Å²) in [4.78, 5) is 0.